The largest absolute Gasteiger partial charge is 0.461 e. The number of ether oxygens (including phenoxy) is 1. The predicted octanol–water partition coefficient (Wildman–Crippen LogP) is 0.906. The summed E-state index contributed by atoms with van der Waals surface area (Å²) in [5, 5.41) is 11.2. The normalized spacial score (nSPS) is 11.8. The molecule has 0 saturated carbocycles. The van der Waals surface area contributed by atoms with Crippen molar-refractivity contribution in [3.8, 4) is 0 Å². The van der Waals surface area contributed by atoms with Gasteiger partial charge in [0.05, 0.1) is 12.6 Å². The molecule has 10 heteroatoms. The van der Waals surface area contributed by atoms with Gasteiger partial charge in [0, 0.05) is 42.4 Å². The third-order valence-corrected chi connectivity index (χ3v) is 4.63. The molecule has 10 nitrogen and oxygen atoms in total. The van der Waals surface area contributed by atoms with Crippen LogP contribution >= 0.6 is 0 Å². The van der Waals surface area contributed by atoms with Crippen LogP contribution in [0, 0.1) is 5.92 Å². The highest BCUT2D eigenvalue weighted by Gasteiger charge is 2.23. The van der Waals surface area contributed by atoms with Crippen LogP contribution in [0.15, 0.2) is 18.2 Å². The van der Waals surface area contributed by atoms with Crippen LogP contribution in [0.3, 0.4) is 0 Å². The molecule has 1 atom stereocenters. The number of carbonyl (C=O) groups excluding carboxylic acids is 4. The molecule has 33 heavy (non-hydrogen) atoms. The van der Waals surface area contributed by atoms with E-state index in [0.29, 0.717) is 11.3 Å². The Morgan fingerprint density at radius 3 is 2.33 bits per heavy atom. The van der Waals surface area contributed by atoms with Crippen LogP contribution < -0.4 is 27.0 Å². The van der Waals surface area contributed by atoms with Crippen LogP contribution in [0.2, 0.25) is 0 Å². The Labute approximate surface area is 195 Å². The number of amides is 3. The van der Waals surface area contributed by atoms with Gasteiger partial charge in [-0.05, 0) is 18.1 Å². The summed E-state index contributed by atoms with van der Waals surface area (Å²) in [5.41, 5.74) is 6.58. The molecule has 184 valence electrons. The van der Waals surface area contributed by atoms with Crippen LogP contribution in [0.4, 0.5) is 5.69 Å². The van der Waals surface area contributed by atoms with Crippen molar-refractivity contribution >= 4 is 29.4 Å². The summed E-state index contributed by atoms with van der Waals surface area (Å²) in [4.78, 5) is 48.9. The van der Waals surface area contributed by atoms with Gasteiger partial charge in [0.25, 0.3) is 5.91 Å². The molecule has 3 amide bonds. The Kier molecular flexibility index (Phi) is 12.1. The zero-order valence-electron chi connectivity index (χ0n) is 20.1. The van der Waals surface area contributed by atoms with Crippen molar-refractivity contribution in [2.75, 3.05) is 25.0 Å². The molecular weight excluding hydrogens is 426 g/mol. The molecule has 0 aliphatic heterocycles. The van der Waals surface area contributed by atoms with E-state index in [0.717, 1.165) is 0 Å². The van der Waals surface area contributed by atoms with Crippen LogP contribution in [-0.2, 0) is 25.7 Å². The molecule has 0 saturated heterocycles. The molecule has 1 unspecified atom stereocenters. The second-order valence-corrected chi connectivity index (χ2v) is 8.24. The number of hydrogen-bond donors (Lipinski definition) is 5. The fourth-order valence-electron chi connectivity index (χ4n) is 2.95. The number of hydrogen-bond acceptors (Lipinski definition) is 7. The first-order chi connectivity index (χ1) is 15.6. The highest BCUT2D eigenvalue weighted by molar-refractivity contribution is 5.99. The molecule has 0 radical (unpaired) electrons. The Morgan fingerprint density at radius 2 is 1.76 bits per heavy atom. The monoisotopic (exact) mass is 463 g/mol. The summed E-state index contributed by atoms with van der Waals surface area (Å²) in [6.07, 6.45) is 0.221. The fourth-order valence-corrected chi connectivity index (χ4v) is 2.95. The highest BCUT2D eigenvalue weighted by Crippen LogP contribution is 2.18. The lowest BCUT2D eigenvalue weighted by Gasteiger charge is -2.23. The summed E-state index contributed by atoms with van der Waals surface area (Å²) < 4.78 is 5.14. The van der Waals surface area contributed by atoms with Crippen LogP contribution in [0.25, 0.3) is 0 Å². The first-order valence-corrected chi connectivity index (χ1v) is 11.2. The smallest absolute Gasteiger partial charge is 0.305 e. The summed E-state index contributed by atoms with van der Waals surface area (Å²) in [6.45, 7) is 9.69. The van der Waals surface area contributed by atoms with Crippen LogP contribution in [0.1, 0.15) is 57.0 Å². The van der Waals surface area contributed by atoms with E-state index in [-0.39, 0.29) is 62.1 Å². The van der Waals surface area contributed by atoms with Gasteiger partial charge >= 0.3 is 5.97 Å². The zero-order valence-corrected chi connectivity index (χ0v) is 20.1. The highest BCUT2D eigenvalue weighted by atomic mass is 16.5. The standard InChI is InChI=1S/C23H37N5O5/c1-6-20(30)33-13-16-7-8-17(11-18(16)22(31)25-10-9-24)28-19(29)12-26-23(32)21(14(2)3)27-15(4)5/h7-8,11,14-15,21,27H,6,9-10,12-13,24H2,1-5H3,(H,25,31)(H,26,32)(H,28,29). The van der Waals surface area contributed by atoms with Crippen LogP contribution in [-0.4, -0.2) is 55.4 Å². The minimum atomic E-state index is -0.436. The van der Waals surface area contributed by atoms with Crippen molar-refractivity contribution in [2.24, 2.45) is 11.7 Å². The molecule has 0 fully saturated rings. The molecule has 0 aromatic heterocycles. The minimum Gasteiger partial charge on any atom is -0.461 e. The summed E-state index contributed by atoms with van der Waals surface area (Å²) in [7, 11) is 0. The molecule has 1 rings (SSSR count). The number of anilines is 1. The number of nitrogens with one attached hydrogen (secondary N) is 4. The zero-order chi connectivity index (χ0) is 25.0. The average Bonchev–Trinajstić information content (AvgIpc) is 2.77. The van der Waals surface area contributed by atoms with E-state index < -0.39 is 17.9 Å². The number of benzene rings is 1. The van der Waals surface area contributed by atoms with Gasteiger partial charge in [-0.2, -0.15) is 0 Å². The first kappa shape index (κ1) is 28.1. The van der Waals surface area contributed by atoms with Gasteiger partial charge in [-0.3, -0.25) is 19.2 Å². The van der Waals surface area contributed by atoms with Crippen molar-refractivity contribution in [1.82, 2.24) is 16.0 Å². The minimum absolute atomic E-state index is 0.0550. The summed E-state index contributed by atoms with van der Waals surface area (Å²) in [5.74, 6) is -1.42. The third kappa shape index (κ3) is 10.0. The van der Waals surface area contributed by atoms with Gasteiger partial charge in [-0.25, -0.2) is 0 Å². The van der Waals surface area contributed by atoms with Crippen molar-refractivity contribution in [3.05, 3.63) is 29.3 Å². The van der Waals surface area contributed by atoms with Crippen molar-refractivity contribution < 1.29 is 23.9 Å². The lowest BCUT2D eigenvalue weighted by atomic mass is 10.0. The van der Waals surface area contributed by atoms with Gasteiger partial charge in [-0.15, -0.1) is 0 Å². The van der Waals surface area contributed by atoms with E-state index in [9.17, 15) is 19.2 Å². The topological polar surface area (TPSA) is 152 Å². The molecule has 0 aliphatic carbocycles. The maximum absolute atomic E-state index is 12.5. The number of esters is 1. The molecule has 0 heterocycles. The maximum atomic E-state index is 12.5. The second kappa shape index (κ2) is 14.2. The molecule has 0 spiro atoms. The van der Waals surface area contributed by atoms with Gasteiger partial charge in [0.2, 0.25) is 11.8 Å². The van der Waals surface area contributed by atoms with E-state index in [1.807, 2.05) is 27.7 Å². The summed E-state index contributed by atoms with van der Waals surface area (Å²) >= 11 is 0. The van der Waals surface area contributed by atoms with Crippen LogP contribution in [0.5, 0.6) is 0 Å². The third-order valence-electron chi connectivity index (χ3n) is 4.63. The molecular formula is C23H37N5O5. The Bertz CT molecular complexity index is 825. The van der Waals surface area contributed by atoms with E-state index in [1.165, 1.54) is 6.07 Å². The molecule has 0 bridgehead atoms. The Hall–Kier alpha value is -2.98. The second-order valence-electron chi connectivity index (χ2n) is 8.24. The van der Waals surface area contributed by atoms with Gasteiger partial charge in [0.15, 0.2) is 0 Å². The summed E-state index contributed by atoms with van der Waals surface area (Å²) in [6, 6.07) is 4.41. The van der Waals surface area contributed by atoms with Crippen molar-refractivity contribution in [2.45, 2.75) is 59.7 Å². The van der Waals surface area contributed by atoms with Gasteiger partial charge in [0.1, 0.15) is 6.61 Å². The van der Waals surface area contributed by atoms with E-state index >= 15 is 0 Å². The molecule has 1 aromatic rings. The average molecular weight is 464 g/mol. The van der Waals surface area contributed by atoms with E-state index in [2.05, 4.69) is 21.3 Å². The first-order valence-electron chi connectivity index (χ1n) is 11.2. The predicted molar refractivity (Wildman–Crippen MR) is 126 cm³/mol. The maximum Gasteiger partial charge on any atom is 0.305 e. The van der Waals surface area contributed by atoms with Crippen molar-refractivity contribution in [1.29, 1.82) is 0 Å². The van der Waals surface area contributed by atoms with Crippen molar-refractivity contribution in [3.63, 3.8) is 0 Å². The molecule has 0 aliphatic rings. The Balaban J connectivity index is 2.86. The van der Waals surface area contributed by atoms with E-state index in [4.69, 9.17) is 10.5 Å². The Morgan fingerprint density at radius 1 is 1.06 bits per heavy atom. The lowest BCUT2D eigenvalue weighted by molar-refractivity contribution is -0.144. The number of rotatable bonds is 13. The lowest BCUT2D eigenvalue weighted by Crippen LogP contribution is -2.51. The molecule has 6 N–H and O–H groups in total. The SMILES string of the molecule is CCC(=O)OCc1ccc(NC(=O)CNC(=O)C(NC(C)C)C(C)C)cc1C(=O)NCCN. The van der Waals surface area contributed by atoms with Gasteiger partial charge in [-0.1, -0.05) is 40.7 Å². The number of carbonyl (C=O) groups is 4. The fraction of sp³-hybridized carbons (Fsp3) is 0.565. The van der Waals surface area contributed by atoms with Gasteiger partial charge < -0.3 is 31.7 Å². The molecule has 1 aromatic carbocycles. The number of nitrogens with two attached hydrogens (primary N) is 1. The van der Waals surface area contributed by atoms with E-state index in [1.54, 1.807) is 19.1 Å². The quantitative estimate of drug-likeness (QED) is 0.273.